The highest BCUT2D eigenvalue weighted by molar-refractivity contribution is 5.15. The first kappa shape index (κ1) is 14.1. The van der Waals surface area contributed by atoms with E-state index < -0.39 is 0 Å². The van der Waals surface area contributed by atoms with Crippen LogP contribution in [0.5, 0.6) is 0 Å². The third kappa shape index (κ3) is 2.63. The Bertz CT molecular complexity index is 437. The summed E-state index contributed by atoms with van der Waals surface area (Å²) in [6, 6.07) is 0. The zero-order valence-electron chi connectivity index (χ0n) is 12.8. The second-order valence-corrected chi connectivity index (χ2v) is 6.61. The van der Waals surface area contributed by atoms with Gasteiger partial charge in [0.15, 0.2) is 0 Å². The highest BCUT2D eigenvalue weighted by Gasteiger charge is 2.33. The summed E-state index contributed by atoms with van der Waals surface area (Å²) in [4.78, 5) is 4.44. The molecule has 2 aliphatic rings. The van der Waals surface area contributed by atoms with Gasteiger partial charge in [-0.3, -0.25) is 0 Å². The first-order valence-corrected chi connectivity index (χ1v) is 8.06. The van der Waals surface area contributed by atoms with Crippen molar-refractivity contribution in [3.63, 3.8) is 0 Å². The Hall–Kier alpha value is -0.870. The molecule has 1 aromatic rings. The van der Waals surface area contributed by atoms with Gasteiger partial charge < -0.3 is 14.6 Å². The van der Waals surface area contributed by atoms with Gasteiger partial charge in [0.2, 0.25) is 0 Å². The van der Waals surface area contributed by atoms with Crippen molar-refractivity contribution >= 4 is 0 Å². The summed E-state index contributed by atoms with van der Waals surface area (Å²) < 4.78 is 8.23. The minimum Gasteiger partial charge on any atom is -0.378 e. The van der Waals surface area contributed by atoms with Gasteiger partial charge in [0.05, 0.1) is 12.4 Å². The van der Waals surface area contributed by atoms with Crippen LogP contribution in [0.4, 0.5) is 0 Å². The fourth-order valence-corrected chi connectivity index (χ4v) is 3.81. The molecule has 3 heterocycles. The van der Waals surface area contributed by atoms with Crippen LogP contribution in [-0.2, 0) is 16.7 Å². The molecule has 4 nitrogen and oxygen atoms in total. The molecule has 1 N–H and O–H groups in total. The number of rotatable bonds is 4. The molecule has 112 valence electrons. The van der Waals surface area contributed by atoms with Gasteiger partial charge in [0.1, 0.15) is 0 Å². The van der Waals surface area contributed by atoms with Crippen LogP contribution in [-0.4, -0.2) is 35.4 Å². The molecule has 2 saturated heterocycles. The number of hydrogen-bond acceptors (Lipinski definition) is 3. The van der Waals surface area contributed by atoms with Gasteiger partial charge in [-0.15, -0.1) is 0 Å². The zero-order valence-corrected chi connectivity index (χ0v) is 12.8. The summed E-state index contributed by atoms with van der Waals surface area (Å²) in [5.41, 5.74) is 1.70. The average Bonchev–Trinajstić information content (AvgIpc) is 3.09. The molecular formula is C16H27N3O. The van der Waals surface area contributed by atoms with Crippen molar-refractivity contribution in [3.05, 3.63) is 18.2 Å². The van der Waals surface area contributed by atoms with E-state index in [-0.39, 0.29) is 5.41 Å². The number of nitrogens with one attached hydrogen (secondary N) is 1. The van der Waals surface area contributed by atoms with Crippen molar-refractivity contribution in [3.8, 4) is 0 Å². The maximum Gasteiger partial charge on any atom is 0.0948 e. The lowest BCUT2D eigenvalue weighted by molar-refractivity contribution is 0.0829. The smallest absolute Gasteiger partial charge is 0.0948 e. The number of piperidine rings is 1. The molecule has 0 saturated carbocycles. The molecule has 1 aromatic heterocycles. The third-order valence-corrected chi connectivity index (χ3v) is 5.22. The Morgan fingerprint density at radius 3 is 3.00 bits per heavy atom. The van der Waals surface area contributed by atoms with Gasteiger partial charge in [-0.25, -0.2) is 4.98 Å². The number of aromatic nitrogens is 2. The molecule has 0 spiro atoms. The molecule has 2 unspecified atom stereocenters. The molecule has 0 amide bonds. The van der Waals surface area contributed by atoms with Crippen molar-refractivity contribution < 1.29 is 4.74 Å². The van der Waals surface area contributed by atoms with Crippen LogP contribution < -0.4 is 5.32 Å². The highest BCUT2D eigenvalue weighted by Crippen LogP contribution is 2.34. The fourth-order valence-electron chi connectivity index (χ4n) is 3.81. The molecule has 0 radical (unpaired) electrons. The number of imidazole rings is 1. The van der Waals surface area contributed by atoms with E-state index in [1.165, 1.54) is 25.0 Å². The van der Waals surface area contributed by atoms with Gasteiger partial charge in [-0.2, -0.15) is 0 Å². The molecule has 2 atom stereocenters. The van der Waals surface area contributed by atoms with Crippen LogP contribution >= 0.6 is 0 Å². The zero-order chi connectivity index (χ0) is 14.0. The van der Waals surface area contributed by atoms with Crippen LogP contribution in [0.1, 0.15) is 45.2 Å². The van der Waals surface area contributed by atoms with Crippen LogP contribution in [0.15, 0.2) is 12.5 Å². The standard InChI is InChI=1S/C16H27N3O/c1-3-14-13(4-9-20-14)11-19-12-18-10-15(19)16(2)5-7-17-8-6-16/h10,12-14,17H,3-9,11H2,1-2H3. The van der Waals surface area contributed by atoms with E-state index >= 15 is 0 Å². The summed E-state index contributed by atoms with van der Waals surface area (Å²) in [6.07, 6.45) is 9.26. The molecule has 20 heavy (non-hydrogen) atoms. The molecule has 0 bridgehead atoms. The first-order valence-electron chi connectivity index (χ1n) is 8.06. The molecule has 0 aliphatic carbocycles. The summed E-state index contributed by atoms with van der Waals surface area (Å²) >= 11 is 0. The predicted octanol–water partition coefficient (Wildman–Crippen LogP) is 2.34. The normalized spacial score (nSPS) is 29.7. The predicted molar refractivity (Wildman–Crippen MR) is 79.8 cm³/mol. The van der Waals surface area contributed by atoms with E-state index in [2.05, 4.69) is 34.9 Å². The first-order chi connectivity index (χ1) is 9.73. The molecular weight excluding hydrogens is 250 g/mol. The van der Waals surface area contributed by atoms with E-state index in [9.17, 15) is 0 Å². The van der Waals surface area contributed by atoms with Crippen LogP contribution in [0, 0.1) is 5.92 Å². The van der Waals surface area contributed by atoms with Crippen molar-refractivity contribution in [2.45, 2.75) is 57.6 Å². The molecule has 0 aromatic carbocycles. The Labute approximate surface area is 121 Å². The number of nitrogens with zero attached hydrogens (tertiary/aromatic N) is 2. The molecule has 2 aliphatic heterocycles. The fraction of sp³-hybridized carbons (Fsp3) is 0.812. The second-order valence-electron chi connectivity index (χ2n) is 6.61. The van der Waals surface area contributed by atoms with Crippen LogP contribution in [0.2, 0.25) is 0 Å². The Kier molecular flexibility index (Phi) is 4.13. The monoisotopic (exact) mass is 277 g/mol. The quantitative estimate of drug-likeness (QED) is 0.918. The van der Waals surface area contributed by atoms with Gasteiger partial charge in [-0.05, 0) is 38.8 Å². The van der Waals surface area contributed by atoms with E-state index in [1.807, 2.05) is 6.33 Å². The maximum atomic E-state index is 5.83. The number of ether oxygens (including phenoxy) is 1. The Morgan fingerprint density at radius 1 is 1.45 bits per heavy atom. The average molecular weight is 277 g/mol. The van der Waals surface area contributed by atoms with Gasteiger partial charge in [-0.1, -0.05) is 13.8 Å². The van der Waals surface area contributed by atoms with Gasteiger partial charge in [0.25, 0.3) is 0 Å². The van der Waals surface area contributed by atoms with E-state index in [4.69, 9.17) is 4.74 Å². The van der Waals surface area contributed by atoms with Gasteiger partial charge in [0, 0.05) is 36.4 Å². The topological polar surface area (TPSA) is 39.1 Å². The summed E-state index contributed by atoms with van der Waals surface area (Å²) in [7, 11) is 0. The van der Waals surface area contributed by atoms with Crippen LogP contribution in [0.3, 0.4) is 0 Å². The summed E-state index contributed by atoms with van der Waals surface area (Å²) in [5.74, 6) is 0.651. The minimum absolute atomic E-state index is 0.281. The second kappa shape index (κ2) is 5.86. The Balaban J connectivity index is 1.76. The van der Waals surface area contributed by atoms with Crippen molar-refractivity contribution in [1.82, 2.24) is 14.9 Å². The lowest BCUT2D eigenvalue weighted by Gasteiger charge is -2.35. The Morgan fingerprint density at radius 2 is 2.25 bits per heavy atom. The summed E-state index contributed by atoms with van der Waals surface area (Å²) in [5, 5.41) is 3.46. The van der Waals surface area contributed by atoms with Crippen LogP contribution in [0.25, 0.3) is 0 Å². The van der Waals surface area contributed by atoms with Crippen molar-refractivity contribution in [2.75, 3.05) is 19.7 Å². The molecule has 4 heteroatoms. The van der Waals surface area contributed by atoms with E-state index in [0.29, 0.717) is 12.0 Å². The molecule has 2 fully saturated rings. The third-order valence-electron chi connectivity index (χ3n) is 5.22. The van der Waals surface area contributed by atoms with E-state index in [0.717, 1.165) is 32.7 Å². The highest BCUT2D eigenvalue weighted by atomic mass is 16.5. The maximum absolute atomic E-state index is 5.83. The molecule has 3 rings (SSSR count). The largest absolute Gasteiger partial charge is 0.378 e. The van der Waals surface area contributed by atoms with Gasteiger partial charge >= 0.3 is 0 Å². The lowest BCUT2D eigenvalue weighted by atomic mass is 9.78. The van der Waals surface area contributed by atoms with Crippen molar-refractivity contribution in [1.29, 1.82) is 0 Å². The SMILES string of the molecule is CCC1OCCC1Cn1cncc1C1(C)CCNCC1. The summed E-state index contributed by atoms with van der Waals surface area (Å²) in [6.45, 7) is 8.85. The number of hydrogen-bond donors (Lipinski definition) is 1. The van der Waals surface area contributed by atoms with E-state index in [1.54, 1.807) is 0 Å². The minimum atomic E-state index is 0.281. The van der Waals surface area contributed by atoms with Crippen molar-refractivity contribution in [2.24, 2.45) is 5.92 Å². The lowest BCUT2D eigenvalue weighted by Crippen LogP contribution is -2.39.